The van der Waals surface area contributed by atoms with Crippen LogP contribution in [-0.4, -0.2) is 86.9 Å². The van der Waals surface area contributed by atoms with E-state index in [4.69, 9.17) is 5.11 Å². The molecule has 200 valence electrons. The van der Waals surface area contributed by atoms with Gasteiger partial charge in [0.25, 0.3) is 0 Å². The van der Waals surface area contributed by atoms with Crippen molar-refractivity contribution in [1.29, 1.82) is 0 Å². The number of aliphatic hydroxyl groups is 1. The fraction of sp³-hybridized carbons (Fsp3) is 1.00. The van der Waals surface area contributed by atoms with E-state index in [-0.39, 0.29) is 13.0 Å². The van der Waals surface area contributed by atoms with Crippen molar-refractivity contribution in [3.8, 4) is 0 Å². The highest BCUT2D eigenvalue weighted by Gasteiger charge is 2.90. The van der Waals surface area contributed by atoms with Crippen molar-refractivity contribution in [2.45, 2.75) is 61.7 Å². The summed E-state index contributed by atoms with van der Waals surface area (Å²) < 4.78 is 176. The van der Waals surface area contributed by atoms with Crippen LogP contribution >= 0.6 is 0 Å². The molecule has 0 spiro atoms. The molecule has 0 aromatic heterocycles. The Bertz CT molecular complexity index is 572. The first kappa shape index (κ1) is 32.0. The molecule has 33 heavy (non-hydrogen) atoms. The molecule has 0 aliphatic carbocycles. The van der Waals surface area contributed by atoms with Crippen LogP contribution in [0.25, 0.3) is 0 Å². The van der Waals surface area contributed by atoms with E-state index in [1.807, 2.05) is 0 Å². The molecule has 0 aliphatic rings. The summed E-state index contributed by atoms with van der Waals surface area (Å²) in [6.07, 6.45) is 0.885. The summed E-state index contributed by atoms with van der Waals surface area (Å²) in [7, 11) is 0. The molecule has 0 saturated carbocycles. The molecule has 0 radical (unpaired) electrons. The van der Waals surface area contributed by atoms with Crippen LogP contribution in [0.2, 0.25) is 0 Å². The second-order valence-corrected chi connectivity index (χ2v) is 6.85. The predicted molar refractivity (Wildman–Crippen MR) is 88.7 cm³/mol. The number of aliphatic hydroxyl groups excluding tert-OH is 1. The summed E-state index contributed by atoms with van der Waals surface area (Å²) in [5, 5.41) is 8.37. The van der Waals surface area contributed by atoms with E-state index in [0.717, 1.165) is 0 Å². The number of alkyl halides is 12. The van der Waals surface area contributed by atoms with Gasteiger partial charge in [-0.05, 0) is 6.42 Å². The van der Waals surface area contributed by atoms with Gasteiger partial charge in [-0.3, -0.25) is 0 Å². The Balaban J connectivity index is 5.55. The topological polar surface area (TPSA) is 47.9 Å². The Hall–Kier alpha value is -1.00. The van der Waals surface area contributed by atoms with Crippen LogP contribution in [0, 0.1) is 0 Å². The van der Waals surface area contributed by atoms with Gasteiger partial charge in [-0.1, -0.05) is 19.8 Å². The first-order chi connectivity index (χ1) is 14.9. The van der Waals surface area contributed by atoms with Crippen molar-refractivity contribution in [2.24, 2.45) is 0 Å². The van der Waals surface area contributed by atoms with Crippen LogP contribution in [0.3, 0.4) is 0 Å². The minimum absolute atomic E-state index is 0.0139. The van der Waals surface area contributed by atoms with Gasteiger partial charge in [0.15, 0.2) is 0 Å². The first-order valence-electron chi connectivity index (χ1n) is 9.48. The lowest BCUT2D eigenvalue weighted by molar-refractivity contribution is -0.429. The van der Waals surface area contributed by atoms with E-state index in [1.165, 1.54) is 0 Å². The minimum atomic E-state index is -7.64. The highest BCUT2D eigenvalue weighted by atomic mass is 19.4. The largest absolute Gasteiger partial charge is 0.394 e. The Labute approximate surface area is 181 Å². The minimum Gasteiger partial charge on any atom is -0.394 e. The average molecular weight is 520 g/mol. The number of halogens is 12. The van der Waals surface area contributed by atoms with E-state index < -0.39 is 75.2 Å². The summed E-state index contributed by atoms with van der Waals surface area (Å²) >= 11 is 0. The number of ether oxygens (including phenoxy) is 3. The third-order valence-electron chi connectivity index (χ3n) is 4.17. The fourth-order valence-electron chi connectivity index (χ4n) is 2.17. The first-order valence-corrected chi connectivity index (χ1v) is 9.48. The van der Waals surface area contributed by atoms with E-state index in [0.29, 0.717) is 12.8 Å². The van der Waals surface area contributed by atoms with Gasteiger partial charge in [-0.25, -0.2) is 0 Å². The maximum Gasteiger partial charge on any atom is 0.384 e. The highest BCUT2D eigenvalue weighted by molar-refractivity contribution is 5.11. The second-order valence-electron chi connectivity index (χ2n) is 6.85. The molecule has 0 amide bonds. The van der Waals surface area contributed by atoms with Gasteiger partial charge in [0.1, 0.15) is 13.2 Å². The lowest BCUT2D eigenvalue weighted by Gasteiger charge is -2.41. The number of rotatable bonds is 18. The van der Waals surface area contributed by atoms with Crippen molar-refractivity contribution < 1.29 is 72.0 Å². The second kappa shape index (κ2) is 12.1. The van der Waals surface area contributed by atoms with E-state index in [2.05, 4.69) is 14.2 Å². The molecule has 0 aromatic carbocycles. The standard InChI is InChI=1S/C17H24F12O4/c1-2-3-4-6-32-10-12(18,19)14(22,23)16(26,27)17(28,29)15(24,25)13(20,21)11-33-9-8-31-7-5-30/h30H,2-11H2,1H3. The van der Waals surface area contributed by atoms with E-state index in [1.54, 1.807) is 6.92 Å². The van der Waals surface area contributed by atoms with E-state index >= 15 is 0 Å². The van der Waals surface area contributed by atoms with Crippen molar-refractivity contribution in [3.05, 3.63) is 0 Å². The van der Waals surface area contributed by atoms with Crippen LogP contribution in [-0.2, 0) is 14.2 Å². The van der Waals surface area contributed by atoms with Crippen LogP contribution in [0.1, 0.15) is 26.2 Å². The van der Waals surface area contributed by atoms with Gasteiger partial charge >= 0.3 is 35.5 Å². The molecule has 4 nitrogen and oxygen atoms in total. The monoisotopic (exact) mass is 520 g/mol. The molecule has 0 unspecified atom stereocenters. The molecule has 0 saturated heterocycles. The summed E-state index contributed by atoms with van der Waals surface area (Å²) in [4.78, 5) is 0. The van der Waals surface area contributed by atoms with Crippen molar-refractivity contribution in [1.82, 2.24) is 0 Å². The molecule has 16 heteroatoms. The highest BCUT2D eigenvalue weighted by Crippen LogP contribution is 2.60. The average Bonchev–Trinajstić information content (AvgIpc) is 2.69. The molecule has 0 bridgehead atoms. The van der Waals surface area contributed by atoms with Crippen molar-refractivity contribution >= 4 is 0 Å². The van der Waals surface area contributed by atoms with E-state index in [9.17, 15) is 52.7 Å². The van der Waals surface area contributed by atoms with Gasteiger partial charge in [0.2, 0.25) is 0 Å². The van der Waals surface area contributed by atoms with Crippen molar-refractivity contribution in [2.75, 3.05) is 46.2 Å². The molecule has 0 rings (SSSR count). The molecule has 0 aromatic rings. The summed E-state index contributed by atoms with van der Waals surface area (Å²) in [5.41, 5.74) is 0. The Morgan fingerprint density at radius 3 is 1.30 bits per heavy atom. The zero-order valence-corrected chi connectivity index (χ0v) is 17.3. The maximum atomic E-state index is 13.7. The fourth-order valence-corrected chi connectivity index (χ4v) is 2.17. The SMILES string of the molecule is CCCCCOCC(F)(F)C(F)(F)C(F)(F)C(F)(F)C(F)(F)C(F)(F)COCCOCCO. The molecule has 0 aliphatic heterocycles. The summed E-state index contributed by atoms with van der Waals surface area (Å²) in [5.74, 6) is -42.0. The third kappa shape index (κ3) is 7.01. The molecular weight excluding hydrogens is 496 g/mol. The maximum absolute atomic E-state index is 13.7. The quantitative estimate of drug-likeness (QED) is 0.204. The van der Waals surface area contributed by atoms with Crippen LogP contribution in [0.15, 0.2) is 0 Å². The molecule has 0 heterocycles. The van der Waals surface area contributed by atoms with Gasteiger partial charge in [-0.15, -0.1) is 0 Å². The normalized spacial score (nSPS) is 14.7. The Kier molecular flexibility index (Phi) is 11.7. The Morgan fingerprint density at radius 2 is 0.909 bits per heavy atom. The van der Waals surface area contributed by atoms with Gasteiger partial charge in [0.05, 0.1) is 26.4 Å². The molecule has 0 fully saturated rings. The number of unbranched alkanes of at least 4 members (excludes halogenated alkanes) is 2. The number of hydrogen-bond acceptors (Lipinski definition) is 4. The zero-order chi connectivity index (χ0) is 26.2. The predicted octanol–water partition coefficient (Wildman–Crippen LogP) is 5.03. The van der Waals surface area contributed by atoms with Gasteiger partial charge in [0, 0.05) is 6.61 Å². The smallest absolute Gasteiger partial charge is 0.384 e. The zero-order valence-electron chi connectivity index (χ0n) is 17.3. The summed E-state index contributed by atoms with van der Waals surface area (Å²) in [6, 6.07) is 0. The van der Waals surface area contributed by atoms with Gasteiger partial charge in [-0.2, -0.15) is 52.7 Å². The lowest BCUT2D eigenvalue weighted by atomic mass is 9.91. The lowest BCUT2D eigenvalue weighted by Crippen LogP contribution is -2.71. The molecule has 1 N–H and O–H groups in total. The van der Waals surface area contributed by atoms with Crippen LogP contribution in [0.4, 0.5) is 52.7 Å². The Morgan fingerprint density at radius 1 is 0.515 bits per heavy atom. The van der Waals surface area contributed by atoms with Gasteiger partial charge < -0.3 is 19.3 Å². The van der Waals surface area contributed by atoms with Crippen LogP contribution in [0.5, 0.6) is 0 Å². The third-order valence-corrected chi connectivity index (χ3v) is 4.17. The summed E-state index contributed by atoms with van der Waals surface area (Å²) in [6.45, 7) is -6.66. The molecular formula is C17H24F12O4. The molecule has 0 atom stereocenters. The van der Waals surface area contributed by atoms with Crippen LogP contribution < -0.4 is 0 Å². The number of hydrogen-bond donors (Lipinski definition) is 1. The van der Waals surface area contributed by atoms with Crippen molar-refractivity contribution in [3.63, 3.8) is 0 Å².